The van der Waals surface area contributed by atoms with Gasteiger partial charge in [0.05, 0.1) is 24.3 Å². The van der Waals surface area contributed by atoms with Gasteiger partial charge in [-0.15, -0.1) is 0 Å². The van der Waals surface area contributed by atoms with Crippen LogP contribution in [0.15, 0.2) is 60.8 Å². The smallest absolute Gasteiger partial charge is 0.255 e. The highest BCUT2D eigenvalue weighted by Crippen LogP contribution is 2.25. The molecule has 0 saturated carbocycles. The lowest BCUT2D eigenvalue weighted by Crippen LogP contribution is -2.40. The number of hydrogen-bond donors (Lipinski definition) is 1. The van der Waals surface area contributed by atoms with E-state index < -0.39 is 0 Å². The van der Waals surface area contributed by atoms with Crippen LogP contribution >= 0.6 is 11.6 Å². The third-order valence-corrected chi connectivity index (χ3v) is 5.44. The average Bonchev–Trinajstić information content (AvgIpc) is 3.40. The van der Waals surface area contributed by atoms with Crippen molar-refractivity contribution >= 4 is 17.5 Å². The summed E-state index contributed by atoms with van der Waals surface area (Å²) in [4.78, 5) is 13.1. The van der Waals surface area contributed by atoms with E-state index in [1.807, 2.05) is 72.4 Å². The Bertz CT molecular complexity index is 964. The molecule has 2 heterocycles. The first-order valence-corrected chi connectivity index (χ1v) is 10.3. The van der Waals surface area contributed by atoms with Crippen LogP contribution in [0.1, 0.15) is 35.7 Å². The van der Waals surface area contributed by atoms with Crippen molar-refractivity contribution in [2.24, 2.45) is 0 Å². The summed E-state index contributed by atoms with van der Waals surface area (Å²) < 4.78 is 7.52. The minimum absolute atomic E-state index is 0.0551. The molecule has 4 rings (SSSR count). The standard InChI is InChI=1S/C23H24ClN3O2/c1-16(21-8-5-13-29-21)25-23(28)20-15-27(14-17-6-3-2-4-7-17)26-22(20)18-9-11-19(24)12-10-18/h2-4,6-7,9-12,15-16,21H,5,8,13-14H2,1H3,(H,25,28)/t16-,21+/m1/s1. The molecule has 0 bridgehead atoms. The lowest BCUT2D eigenvalue weighted by molar-refractivity contribution is 0.0712. The number of benzene rings is 2. The number of hydrogen-bond acceptors (Lipinski definition) is 3. The van der Waals surface area contributed by atoms with E-state index >= 15 is 0 Å². The van der Waals surface area contributed by atoms with Crippen LogP contribution in [0.25, 0.3) is 11.3 Å². The van der Waals surface area contributed by atoms with Crippen LogP contribution in [-0.2, 0) is 11.3 Å². The molecule has 2 atom stereocenters. The fourth-order valence-electron chi connectivity index (χ4n) is 3.63. The fraction of sp³-hybridized carbons (Fsp3) is 0.304. The second kappa shape index (κ2) is 8.80. The number of aromatic nitrogens is 2. The first kappa shape index (κ1) is 19.7. The zero-order chi connectivity index (χ0) is 20.2. The maximum atomic E-state index is 13.1. The number of carbonyl (C=O) groups is 1. The lowest BCUT2D eigenvalue weighted by atomic mass is 10.1. The van der Waals surface area contributed by atoms with Crippen molar-refractivity contribution in [1.82, 2.24) is 15.1 Å². The Hall–Kier alpha value is -2.63. The number of rotatable bonds is 6. The van der Waals surface area contributed by atoms with Gasteiger partial charge in [0.25, 0.3) is 5.91 Å². The van der Waals surface area contributed by atoms with Crippen LogP contribution in [0.4, 0.5) is 0 Å². The minimum Gasteiger partial charge on any atom is -0.376 e. The van der Waals surface area contributed by atoms with Crippen LogP contribution in [0.3, 0.4) is 0 Å². The molecule has 0 unspecified atom stereocenters. The molecule has 1 saturated heterocycles. The van der Waals surface area contributed by atoms with E-state index in [-0.39, 0.29) is 18.1 Å². The van der Waals surface area contributed by atoms with Gasteiger partial charge in [-0.25, -0.2) is 0 Å². The Morgan fingerprint density at radius 3 is 2.69 bits per heavy atom. The highest BCUT2D eigenvalue weighted by atomic mass is 35.5. The number of carbonyl (C=O) groups excluding carboxylic acids is 1. The van der Waals surface area contributed by atoms with Crippen molar-refractivity contribution in [3.63, 3.8) is 0 Å². The van der Waals surface area contributed by atoms with Gasteiger partial charge < -0.3 is 10.1 Å². The van der Waals surface area contributed by atoms with Gasteiger partial charge in [0.15, 0.2) is 0 Å². The Kier molecular flexibility index (Phi) is 5.97. The summed E-state index contributed by atoms with van der Waals surface area (Å²) in [6, 6.07) is 17.4. The molecule has 1 fully saturated rings. The first-order valence-electron chi connectivity index (χ1n) is 9.90. The zero-order valence-corrected chi connectivity index (χ0v) is 17.1. The van der Waals surface area contributed by atoms with Crippen LogP contribution < -0.4 is 5.32 Å². The molecule has 1 aliphatic rings. The zero-order valence-electron chi connectivity index (χ0n) is 16.3. The summed E-state index contributed by atoms with van der Waals surface area (Å²) in [6.07, 6.45) is 3.89. The highest BCUT2D eigenvalue weighted by Gasteiger charge is 2.26. The van der Waals surface area contributed by atoms with Crippen molar-refractivity contribution in [1.29, 1.82) is 0 Å². The molecule has 3 aromatic rings. The summed E-state index contributed by atoms with van der Waals surface area (Å²) in [5.74, 6) is -0.141. The summed E-state index contributed by atoms with van der Waals surface area (Å²) in [5, 5.41) is 8.45. The fourth-order valence-corrected chi connectivity index (χ4v) is 3.76. The first-order chi connectivity index (χ1) is 14.1. The summed E-state index contributed by atoms with van der Waals surface area (Å²) in [7, 11) is 0. The second-order valence-corrected chi connectivity index (χ2v) is 7.83. The third kappa shape index (κ3) is 4.69. The molecule has 6 heteroatoms. The molecule has 0 aliphatic carbocycles. The van der Waals surface area contributed by atoms with E-state index in [0.29, 0.717) is 22.8 Å². The topological polar surface area (TPSA) is 56.2 Å². The molecule has 0 spiro atoms. The molecule has 2 aromatic carbocycles. The van der Waals surface area contributed by atoms with Crippen molar-refractivity contribution < 1.29 is 9.53 Å². The second-order valence-electron chi connectivity index (χ2n) is 7.40. The van der Waals surface area contributed by atoms with E-state index in [0.717, 1.165) is 30.6 Å². The van der Waals surface area contributed by atoms with Gasteiger partial charge in [-0.1, -0.05) is 54.1 Å². The summed E-state index contributed by atoms with van der Waals surface area (Å²) in [6.45, 7) is 3.34. The van der Waals surface area contributed by atoms with E-state index in [9.17, 15) is 4.79 Å². The molecule has 5 nitrogen and oxygen atoms in total. The van der Waals surface area contributed by atoms with E-state index in [1.165, 1.54) is 0 Å². The van der Waals surface area contributed by atoms with Crippen LogP contribution in [0, 0.1) is 0 Å². The number of nitrogens with one attached hydrogen (secondary N) is 1. The molecule has 29 heavy (non-hydrogen) atoms. The molecule has 1 amide bonds. The molecule has 0 radical (unpaired) electrons. The summed E-state index contributed by atoms with van der Waals surface area (Å²) in [5.41, 5.74) is 3.18. The van der Waals surface area contributed by atoms with Crippen molar-refractivity contribution in [3.05, 3.63) is 76.9 Å². The molecule has 1 aliphatic heterocycles. The molecular weight excluding hydrogens is 386 g/mol. The van der Waals surface area contributed by atoms with Crippen molar-refractivity contribution in [2.45, 2.75) is 38.5 Å². The maximum Gasteiger partial charge on any atom is 0.255 e. The SMILES string of the molecule is C[C@@H](NC(=O)c1cn(Cc2ccccc2)nc1-c1ccc(Cl)cc1)[C@@H]1CCCO1. The average molecular weight is 410 g/mol. The van der Waals surface area contributed by atoms with Gasteiger partial charge in [0.1, 0.15) is 5.69 Å². The van der Waals surface area contributed by atoms with Crippen molar-refractivity contribution in [2.75, 3.05) is 6.61 Å². The van der Waals surface area contributed by atoms with Gasteiger partial charge in [0.2, 0.25) is 0 Å². The number of amides is 1. The third-order valence-electron chi connectivity index (χ3n) is 5.19. The number of halogens is 1. The molecule has 1 N–H and O–H groups in total. The van der Waals surface area contributed by atoms with Gasteiger partial charge in [-0.3, -0.25) is 9.48 Å². The predicted molar refractivity (Wildman–Crippen MR) is 114 cm³/mol. The Morgan fingerprint density at radius 1 is 1.24 bits per heavy atom. The lowest BCUT2D eigenvalue weighted by Gasteiger charge is -2.19. The highest BCUT2D eigenvalue weighted by molar-refractivity contribution is 6.30. The van der Waals surface area contributed by atoms with Crippen LogP contribution in [-0.4, -0.2) is 34.4 Å². The molecular formula is C23H24ClN3O2. The van der Waals surface area contributed by atoms with Gasteiger partial charge >= 0.3 is 0 Å². The van der Waals surface area contributed by atoms with Gasteiger partial charge in [-0.2, -0.15) is 5.10 Å². The van der Waals surface area contributed by atoms with Crippen LogP contribution in [0.5, 0.6) is 0 Å². The normalized spacial score (nSPS) is 17.2. The van der Waals surface area contributed by atoms with Gasteiger partial charge in [0, 0.05) is 23.4 Å². The maximum absolute atomic E-state index is 13.1. The Morgan fingerprint density at radius 2 is 2.00 bits per heavy atom. The monoisotopic (exact) mass is 409 g/mol. The largest absolute Gasteiger partial charge is 0.376 e. The summed E-state index contributed by atoms with van der Waals surface area (Å²) >= 11 is 6.04. The number of nitrogens with zero attached hydrogens (tertiary/aromatic N) is 2. The van der Waals surface area contributed by atoms with E-state index in [4.69, 9.17) is 21.4 Å². The Balaban J connectivity index is 1.62. The predicted octanol–water partition coefficient (Wildman–Crippen LogP) is 4.55. The van der Waals surface area contributed by atoms with Gasteiger partial charge in [-0.05, 0) is 37.5 Å². The molecule has 1 aromatic heterocycles. The molecule has 150 valence electrons. The van der Waals surface area contributed by atoms with Crippen LogP contribution in [0.2, 0.25) is 5.02 Å². The minimum atomic E-state index is -0.141. The quantitative estimate of drug-likeness (QED) is 0.649. The van der Waals surface area contributed by atoms with E-state index in [2.05, 4.69) is 5.32 Å². The number of ether oxygens (including phenoxy) is 1. The Labute approximate surface area is 175 Å². The van der Waals surface area contributed by atoms with E-state index in [1.54, 1.807) is 0 Å². The van der Waals surface area contributed by atoms with Crippen molar-refractivity contribution in [3.8, 4) is 11.3 Å².